The predicted molar refractivity (Wildman–Crippen MR) is 80.3 cm³/mol. The average molecular weight is 291 g/mol. The fourth-order valence-corrected chi connectivity index (χ4v) is 2.36. The van der Waals surface area contributed by atoms with Gasteiger partial charge in [0, 0.05) is 5.39 Å². The molecule has 0 bridgehead atoms. The maximum atomic E-state index is 6.16. The van der Waals surface area contributed by atoms with Gasteiger partial charge in [-0.25, -0.2) is 0 Å². The summed E-state index contributed by atoms with van der Waals surface area (Å²) in [4.78, 5) is 0. The van der Waals surface area contributed by atoms with E-state index in [0.717, 1.165) is 16.4 Å². The summed E-state index contributed by atoms with van der Waals surface area (Å²) >= 11 is 6.16. The highest BCUT2D eigenvalue weighted by atomic mass is 35.5. The number of halogens is 1. The van der Waals surface area contributed by atoms with Crippen LogP contribution in [0, 0.1) is 0 Å². The van der Waals surface area contributed by atoms with E-state index in [2.05, 4.69) is 10.2 Å². The first kappa shape index (κ1) is 13.8. The molecule has 1 aromatic carbocycles. The van der Waals surface area contributed by atoms with Gasteiger partial charge in [-0.3, -0.25) is 0 Å². The highest BCUT2D eigenvalue weighted by molar-refractivity contribution is 6.62. The molecule has 6 heteroatoms. The van der Waals surface area contributed by atoms with Crippen LogP contribution in [0.1, 0.15) is 27.7 Å². The number of rotatable bonds is 1. The van der Waals surface area contributed by atoms with E-state index in [1.54, 1.807) is 0 Å². The fraction of sp³-hybridized carbons (Fsp3) is 0.429. The molecule has 0 unspecified atom stereocenters. The van der Waals surface area contributed by atoms with Crippen molar-refractivity contribution in [1.29, 1.82) is 0 Å². The number of nitrogens with zero attached hydrogens (tertiary/aromatic N) is 2. The van der Waals surface area contributed by atoms with Crippen LogP contribution in [0.15, 0.2) is 24.4 Å². The minimum absolute atomic E-state index is 0.354. The smallest absolute Gasteiger partial charge is 0.399 e. The summed E-state index contributed by atoms with van der Waals surface area (Å²) in [7, 11) is -0.395. The highest BCUT2D eigenvalue weighted by Crippen LogP contribution is 2.36. The molecular weight excluding hydrogens is 274 g/mol. The van der Waals surface area contributed by atoms with Gasteiger partial charge in [-0.05, 0) is 39.2 Å². The molecule has 2 heterocycles. The Balaban J connectivity index is 2.02. The summed E-state index contributed by atoms with van der Waals surface area (Å²) in [6, 6.07) is 5.78. The van der Waals surface area contributed by atoms with Gasteiger partial charge >= 0.3 is 7.12 Å². The van der Waals surface area contributed by atoms with Crippen molar-refractivity contribution >= 4 is 35.1 Å². The van der Waals surface area contributed by atoms with Crippen molar-refractivity contribution in [3.8, 4) is 0 Å². The summed E-state index contributed by atoms with van der Waals surface area (Å²) in [6.45, 7) is 8.14. The van der Waals surface area contributed by atoms with Gasteiger partial charge in [0.25, 0.3) is 0 Å². The normalized spacial score (nSPS) is 20.6. The third-order valence-electron chi connectivity index (χ3n) is 4.14. The highest BCUT2D eigenvalue weighted by Gasteiger charge is 2.51. The summed E-state index contributed by atoms with van der Waals surface area (Å²) < 4.78 is 12.1. The molecule has 4 nitrogen and oxygen atoms in total. The van der Waals surface area contributed by atoms with E-state index in [4.69, 9.17) is 20.9 Å². The molecule has 0 spiro atoms. The van der Waals surface area contributed by atoms with E-state index in [9.17, 15) is 0 Å². The lowest BCUT2D eigenvalue weighted by Gasteiger charge is -2.32. The lowest BCUT2D eigenvalue weighted by Crippen LogP contribution is -2.41. The van der Waals surface area contributed by atoms with Gasteiger partial charge in [0.05, 0.1) is 27.9 Å². The molecule has 0 atom stereocenters. The molecule has 0 N–H and O–H groups in total. The fourth-order valence-electron chi connectivity index (χ4n) is 2.17. The van der Waals surface area contributed by atoms with Gasteiger partial charge in [0.15, 0.2) is 0 Å². The number of fused-ring (bicyclic) bond motifs is 1. The van der Waals surface area contributed by atoms with E-state index in [-0.39, 0.29) is 11.2 Å². The Labute approximate surface area is 123 Å². The predicted octanol–water partition coefficient (Wildman–Crippen LogP) is 2.58. The molecule has 0 radical (unpaired) electrons. The van der Waals surface area contributed by atoms with Crippen molar-refractivity contribution in [2.75, 3.05) is 0 Å². The minimum Gasteiger partial charge on any atom is -0.399 e. The first-order valence-corrected chi connectivity index (χ1v) is 6.94. The SMILES string of the molecule is CC1(C)OB(c2ccc3nncc(Cl)c3c2)OC1(C)C. The largest absolute Gasteiger partial charge is 0.494 e. The topological polar surface area (TPSA) is 44.2 Å². The second-order valence-electron chi connectivity index (χ2n) is 6.06. The Hall–Kier alpha value is -1.17. The Kier molecular flexibility index (Phi) is 3.05. The molecule has 1 aromatic heterocycles. The maximum absolute atomic E-state index is 6.16. The van der Waals surface area contributed by atoms with Crippen LogP contribution in [0.4, 0.5) is 0 Å². The van der Waals surface area contributed by atoms with Crippen molar-refractivity contribution < 1.29 is 9.31 Å². The standard InChI is InChI=1S/C14H16BClN2O2/c1-13(2)14(3,4)20-15(19-13)9-5-6-12-10(7-9)11(16)8-17-18-12/h5-8H,1-4H3. The van der Waals surface area contributed by atoms with Crippen molar-refractivity contribution in [3.05, 3.63) is 29.4 Å². The number of benzene rings is 1. The molecule has 0 amide bonds. The second-order valence-corrected chi connectivity index (χ2v) is 6.46. The zero-order valence-corrected chi connectivity index (χ0v) is 12.7. The summed E-state index contributed by atoms with van der Waals surface area (Å²) in [5.74, 6) is 0. The number of hydrogen-bond acceptors (Lipinski definition) is 4. The Bertz CT molecular complexity index is 659. The molecular formula is C14H16BClN2O2. The van der Waals surface area contributed by atoms with Crippen molar-refractivity contribution in [3.63, 3.8) is 0 Å². The average Bonchev–Trinajstić information content (AvgIpc) is 2.59. The van der Waals surface area contributed by atoms with Gasteiger partial charge in [0.1, 0.15) is 0 Å². The lowest BCUT2D eigenvalue weighted by atomic mass is 9.78. The monoisotopic (exact) mass is 290 g/mol. The molecule has 1 aliphatic heterocycles. The van der Waals surface area contributed by atoms with Crippen molar-refractivity contribution in [1.82, 2.24) is 10.2 Å². The number of aromatic nitrogens is 2. The van der Waals surface area contributed by atoms with Gasteiger partial charge in [0.2, 0.25) is 0 Å². The Morgan fingerprint density at radius 3 is 2.40 bits per heavy atom. The molecule has 0 saturated carbocycles. The molecule has 1 aliphatic rings. The van der Waals surface area contributed by atoms with Crippen LogP contribution in [-0.2, 0) is 9.31 Å². The van der Waals surface area contributed by atoms with Crippen LogP contribution in [0.25, 0.3) is 10.9 Å². The summed E-state index contributed by atoms with van der Waals surface area (Å²) in [5, 5.41) is 9.32. The zero-order valence-electron chi connectivity index (χ0n) is 12.0. The Morgan fingerprint density at radius 2 is 1.75 bits per heavy atom. The van der Waals surface area contributed by atoms with Crippen LogP contribution in [0.2, 0.25) is 5.02 Å². The molecule has 1 saturated heterocycles. The molecule has 20 heavy (non-hydrogen) atoms. The van der Waals surface area contributed by atoms with E-state index >= 15 is 0 Å². The van der Waals surface area contributed by atoms with Gasteiger partial charge in [-0.15, -0.1) is 0 Å². The van der Waals surface area contributed by atoms with E-state index < -0.39 is 7.12 Å². The third kappa shape index (κ3) is 2.10. The van der Waals surface area contributed by atoms with Crippen LogP contribution < -0.4 is 5.46 Å². The molecule has 1 fully saturated rings. The molecule has 104 valence electrons. The molecule has 2 aromatic rings. The first-order chi connectivity index (χ1) is 9.30. The van der Waals surface area contributed by atoms with Gasteiger partial charge < -0.3 is 9.31 Å². The summed E-state index contributed by atoms with van der Waals surface area (Å²) in [5.41, 5.74) is 0.989. The lowest BCUT2D eigenvalue weighted by molar-refractivity contribution is 0.00578. The second kappa shape index (κ2) is 4.42. The van der Waals surface area contributed by atoms with Crippen LogP contribution in [-0.4, -0.2) is 28.5 Å². The summed E-state index contributed by atoms with van der Waals surface area (Å²) in [6.07, 6.45) is 1.54. The molecule has 3 rings (SSSR count). The van der Waals surface area contributed by atoms with Gasteiger partial charge in [-0.2, -0.15) is 10.2 Å². The van der Waals surface area contributed by atoms with Gasteiger partial charge in [-0.1, -0.05) is 23.7 Å². The Morgan fingerprint density at radius 1 is 1.10 bits per heavy atom. The van der Waals surface area contributed by atoms with E-state index in [1.165, 1.54) is 6.20 Å². The van der Waals surface area contributed by atoms with Crippen LogP contribution in [0.5, 0.6) is 0 Å². The van der Waals surface area contributed by atoms with Crippen molar-refractivity contribution in [2.45, 2.75) is 38.9 Å². The first-order valence-electron chi connectivity index (χ1n) is 6.57. The van der Waals surface area contributed by atoms with Crippen molar-refractivity contribution in [2.24, 2.45) is 0 Å². The quantitative estimate of drug-likeness (QED) is 0.757. The third-order valence-corrected chi connectivity index (χ3v) is 4.44. The van der Waals surface area contributed by atoms with E-state index in [0.29, 0.717) is 5.02 Å². The molecule has 0 aliphatic carbocycles. The van der Waals surface area contributed by atoms with Crippen LogP contribution >= 0.6 is 11.6 Å². The minimum atomic E-state index is -0.395. The number of hydrogen-bond donors (Lipinski definition) is 0. The zero-order chi connectivity index (χ0) is 14.5. The van der Waals surface area contributed by atoms with Crippen LogP contribution in [0.3, 0.4) is 0 Å². The van der Waals surface area contributed by atoms with E-state index in [1.807, 2.05) is 45.9 Å². The maximum Gasteiger partial charge on any atom is 0.494 e.